The van der Waals surface area contributed by atoms with Gasteiger partial charge in [0.15, 0.2) is 5.90 Å². The third-order valence-electron chi connectivity index (χ3n) is 4.14. The molecule has 2 fully saturated rings. The summed E-state index contributed by atoms with van der Waals surface area (Å²) in [5, 5.41) is 3.35. The van der Waals surface area contributed by atoms with E-state index in [0.29, 0.717) is 19.0 Å². The van der Waals surface area contributed by atoms with Gasteiger partial charge in [-0.3, -0.25) is 0 Å². The van der Waals surface area contributed by atoms with Gasteiger partial charge in [-0.2, -0.15) is 0 Å². The molecule has 6 nitrogen and oxygen atoms in total. The number of amides is 1. The molecule has 0 aromatic rings. The van der Waals surface area contributed by atoms with Gasteiger partial charge < -0.3 is 19.7 Å². The molecule has 2 atom stereocenters. The Balaban J connectivity index is 1.57. The molecule has 3 rings (SSSR count). The first kappa shape index (κ1) is 14.6. The van der Waals surface area contributed by atoms with Crippen molar-refractivity contribution in [3.8, 4) is 0 Å². The van der Waals surface area contributed by atoms with Crippen LogP contribution < -0.4 is 5.32 Å². The molecule has 0 saturated carbocycles. The predicted octanol–water partition coefficient (Wildman–Crippen LogP) is 1.40. The normalized spacial score (nSPS) is 29.9. The van der Waals surface area contributed by atoms with E-state index in [1.54, 1.807) is 4.90 Å². The molecule has 2 unspecified atom stereocenters. The summed E-state index contributed by atoms with van der Waals surface area (Å²) in [4.78, 5) is 18.5. The van der Waals surface area contributed by atoms with Crippen LogP contribution in [0.25, 0.3) is 0 Å². The van der Waals surface area contributed by atoms with Crippen molar-refractivity contribution in [3.63, 3.8) is 0 Å². The molecule has 6 heteroatoms. The largest absolute Gasteiger partial charge is 0.473 e. The lowest BCUT2D eigenvalue weighted by Crippen LogP contribution is -2.37. The number of hydrogen-bond donors (Lipinski definition) is 1. The summed E-state index contributed by atoms with van der Waals surface area (Å²) in [7, 11) is 0. The van der Waals surface area contributed by atoms with Gasteiger partial charge >= 0.3 is 6.09 Å². The molecule has 0 aromatic carbocycles. The van der Waals surface area contributed by atoms with Crippen molar-refractivity contribution in [1.29, 1.82) is 0 Å². The van der Waals surface area contributed by atoms with Crippen molar-refractivity contribution in [2.24, 2.45) is 10.9 Å². The Morgan fingerprint density at radius 3 is 2.67 bits per heavy atom. The SMILES string of the molecule is CC(C)(C)OC(=O)N1CC2N=C(C3CCNCC3)OC2C1. The fraction of sp³-hybridized carbons (Fsp3) is 0.867. The third kappa shape index (κ3) is 3.31. The van der Waals surface area contributed by atoms with Crippen LogP contribution in [0.5, 0.6) is 0 Å². The van der Waals surface area contributed by atoms with Crippen molar-refractivity contribution in [1.82, 2.24) is 10.2 Å². The minimum atomic E-state index is -0.459. The lowest BCUT2D eigenvalue weighted by molar-refractivity contribution is 0.0270. The fourth-order valence-electron chi connectivity index (χ4n) is 3.09. The van der Waals surface area contributed by atoms with Gasteiger partial charge in [0.25, 0.3) is 0 Å². The number of nitrogens with one attached hydrogen (secondary N) is 1. The number of fused-ring (bicyclic) bond motifs is 1. The summed E-state index contributed by atoms with van der Waals surface area (Å²) in [5.41, 5.74) is -0.459. The van der Waals surface area contributed by atoms with Gasteiger partial charge in [-0.15, -0.1) is 0 Å². The number of ether oxygens (including phenoxy) is 2. The number of likely N-dealkylation sites (tertiary alicyclic amines) is 1. The molecule has 21 heavy (non-hydrogen) atoms. The molecule has 3 heterocycles. The number of rotatable bonds is 1. The molecule has 1 amide bonds. The summed E-state index contributed by atoms with van der Waals surface area (Å²) in [6.07, 6.45) is 1.93. The van der Waals surface area contributed by atoms with E-state index in [2.05, 4.69) is 5.32 Å². The Hall–Kier alpha value is -1.30. The Labute approximate surface area is 125 Å². The fourth-order valence-corrected chi connectivity index (χ4v) is 3.09. The van der Waals surface area contributed by atoms with Gasteiger partial charge in [-0.25, -0.2) is 9.79 Å². The molecular formula is C15H25N3O3. The van der Waals surface area contributed by atoms with Crippen LogP contribution >= 0.6 is 0 Å². The zero-order valence-corrected chi connectivity index (χ0v) is 13.1. The maximum absolute atomic E-state index is 12.1. The van der Waals surface area contributed by atoms with Crippen LogP contribution in [0.3, 0.4) is 0 Å². The van der Waals surface area contributed by atoms with E-state index in [0.717, 1.165) is 31.8 Å². The molecule has 3 aliphatic heterocycles. The first-order valence-corrected chi connectivity index (χ1v) is 7.85. The van der Waals surface area contributed by atoms with Crippen LogP contribution in [-0.2, 0) is 9.47 Å². The molecule has 2 saturated heterocycles. The van der Waals surface area contributed by atoms with Crippen LogP contribution in [0.1, 0.15) is 33.6 Å². The highest BCUT2D eigenvalue weighted by atomic mass is 16.6. The Morgan fingerprint density at radius 2 is 2.05 bits per heavy atom. The van der Waals surface area contributed by atoms with Crippen molar-refractivity contribution in [2.75, 3.05) is 26.2 Å². The van der Waals surface area contributed by atoms with Crippen LogP contribution in [0, 0.1) is 5.92 Å². The number of carbonyl (C=O) groups excluding carboxylic acids is 1. The molecule has 3 aliphatic rings. The second-order valence-corrected chi connectivity index (χ2v) is 7.10. The molecule has 0 bridgehead atoms. The van der Waals surface area contributed by atoms with Crippen molar-refractivity contribution < 1.29 is 14.3 Å². The van der Waals surface area contributed by atoms with Crippen molar-refractivity contribution in [2.45, 2.75) is 51.4 Å². The highest BCUT2D eigenvalue weighted by Gasteiger charge is 2.44. The van der Waals surface area contributed by atoms with Crippen molar-refractivity contribution >= 4 is 12.0 Å². The molecule has 118 valence electrons. The molecular weight excluding hydrogens is 270 g/mol. The number of hydrogen-bond acceptors (Lipinski definition) is 5. The first-order valence-electron chi connectivity index (χ1n) is 7.85. The highest BCUT2D eigenvalue weighted by molar-refractivity contribution is 5.81. The first-order chi connectivity index (χ1) is 9.92. The molecule has 0 aromatic heterocycles. The summed E-state index contributed by atoms with van der Waals surface area (Å²) in [6.45, 7) is 8.90. The number of aliphatic imine (C=N–C) groups is 1. The summed E-state index contributed by atoms with van der Waals surface area (Å²) >= 11 is 0. The second-order valence-electron chi connectivity index (χ2n) is 7.10. The number of piperidine rings is 1. The number of carbonyl (C=O) groups is 1. The van der Waals surface area contributed by atoms with E-state index < -0.39 is 5.60 Å². The lowest BCUT2D eigenvalue weighted by atomic mass is 9.98. The molecule has 0 aliphatic carbocycles. The Bertz CT molecular complexity index is 438. The minimum absolute atomic E-state index is 0.0161. The maximum atomic E-state index is 12.1. The Kier molecular flexibility index (Phi) is 3.82. The highest BCUT2D eigenvalue weighted by Crippen LogP contribution is 2.28. The van der Waals surface area contributed by atoms with Crippen LogP contribution in [0.2, 0.25) is 0 Å². The minimum Gasteiger partial charge on any atom is -0.473 e. The van der Waals surface area contributed by atoms with E-state index >= 15 is 0 Å². The quantitative estimate of drug-likeness (QED) is 0.794. The zero-order chi connectivity index (χ0) is 15.0. The standard InChI is InChI=1S/C15H25N3O3/c1-15(2,3)21-14(19)18-8-11-12(9-18)20-13(17-11)10-4-6-16-7-5-10/h10-12,16H,4-9H2,1-3H3. The smallest absolute Gasteiger partial charge is 0.410 e. The van der Waals surface area contributed by atoms with Crippen LogP contribution in [-0.4, -0.2) is 60.8 Å². The third-order valence-corrected chi connectivity index (χ3v) is 4.14. The monoisotopic (exact) mass is 295 g/mol. The summed E-state index contributed by atoms with van der Waals surface area (Å²) in [6, 6.07) is 0.0856. The van der Waals surface area contributed by atoms with Crippen LogP contribution in [0.15, 0.2) is 4.99 Å². The molecule has 1 N–H and O–H groups in total. The summed E-state index contributed by atoms with van der Waals surface area (Å²) in [5.74, 6) is 1.36. The zero-order valence-electron chi connectivity index (χ0n) is 13.1. The average molecular weight is 295 g/mol. The van der Waals surface area contributed by atoms with Crippen LogP contribution in [0.4, 0.5) is 4.79 Å². The van der Waals surface area contributed by atoms with E-state index in [9.17, 15) is 4.79 Å². The molecule has 0 spiro atoms. The van der Waals surface area contributed by atoms with Gasteiger partial charge in [0.05, 0.1) is 13.1 Å². The number of nitrogens with zero attached hydrogens (tertiary/aromatic N) is 2. The lowest BCUT2D eigenvalue weighted by Gasteiger charge is -2.25. The van der Waals surface area contributed by atoms with Gasteiger partial charge in [-0.1, -0.05) is 0 Å². The van der Waals surface area contributed by atoms with E-state index in [1.165, 1.54) is 0 Å². The average Bonchev–Trinajstić information content (AvgIpc) is 2.95. The van der Waals surface area contributed by atoms with Gasteiger partial charge in [0.1, 0.15) is 17.7 Å². The topological polar surface area (TPSA) is 63.2 Å². The van der Waals surface area contributed by atoms with Gasteiger partial charge in [0, 0.05) is 5.92 Å². The van der Waals surface area contributed by atoms with E-state index in [-0.39, 0.29) is 18.2 Å². The summed E-state index contributed by atoms with van der Waals surface area (Å²) < 4.78 is 11.4. The van der Waals surface area contributed by atoms with E-state index in [1.807, 2.05) is 20.8 Å². The van der Waals surface area contributed by atoms with E-state index in [4.69, 9.17) is 14.5 Å². The predicted molar refractivity (Wildman–Crippen MR) is 79.5 cm³/mol. The van der Waals surface area contributed by atoms with Crippen molar-refractivity contribution in [3.05, 3.63) is 0 Å². The second kappa shape index (κ2) is 5.48. The van der Waals surface area contributed by atoms with Gasteiger partial charge in [-0.05, 0) is 46.7 Å². The molecule has 0 radical (unpaired) electrons. The Morgan fingerprint density at radius 1 is 1.33 bits per heavy atom. The van der Waals surface area contributed by atoms with Gasteiger partial charge in [0.2, 0.25) is 0 Å². The maximum Gasteiger partial charge on any atom is 0.410 e.